The molecule has 2 aliphatic rings. The van der Waals surface area contributed by atoms with Gasteiger partial charge in [0, 0.05) is 32.7 Å². The molecular weight excluding hydrogens is 649 g/mol. The first-order valence-corrected chi connectivity index (χ1v) is 36.7. The van der Waals surface area contributed by atoms with Crippen LogP contribution in [0.25, 0.3) is 0 Å². The third-order valence-electron chi connectivity index (χ3n) is 4.31. The zero-order chi connectivity index (χ0) is 28.8. The van der Waals surface area contributed by atoms with E-state index >= 15 is 0 Å². The second-order valence-electron chi connectivity index (χ2n) is 12.7. The lowest BCUT2D eigenvalue weighted by Crippen LogP contribution is -2.73. The van der Waals surface area contributed by atoms with Crippen LogP contribution in [0.5, 0.6) is 0 Å². The predicted molar refractivity (Wildman–Crippen MR) is 162 cm³/mol. The van der Waals surface area contributed by atoms with Gasteiger partial charge < -0.3 is 45.6 Å². The highest BCUT2D eigenvalue weighted by molar-refractivity contribution is 6.94. The first kappa shape index (κ1) is 34.9. The van der Waals surface area contributed by atoms with Crippen molar-refractivity contribution in [3.8, 4) is 0 Å². The van der Waals surface area contributed by atoms with Gasteiger partial charge in [-0.3, -0.25) is 0 Å². The van der Waals surface area contributed by atoms with E-state index in [4.69, 9.17) is 45.6 Å². The summed E-state index contributed by atoms with van der Waals surface area (Å²) in [5, 5.41) is 0. The normalized spacial score (nSPS) is 39.3. The summed E-state index contributed by atoms with van der Waals surface area (Å²) in [6, 6.07) is 0. The van der Waals surface area contributed by atoms with Gasteiger partial charge in [-0.05, 0) is 65.5 Å². The molecule has 0 aromatic carbocycles. The maximum absolute atomic E-state index is 6.78. The van der Waals surface area contributed by atoms with E-state index < -0.39 is 78.0 Å². The van der Waals surface area contributed by atoms with Crippen molar-refractivity contribution in [1.29, 1.82) is 0 Å². The van der Waals surface area contributed by atoms with Crippen molar-refractivity contribution in [2.75, 3.05) is 6.23 Å². The van der Waals surface area contributed by atoms with E-state index in [-0.39, 0.29) is 10.0 Å². The zero-order valence-electron chi connectivity index (χ0n) is 25.2. The van der Waals surface area contributed by atoms with Crippen molar-refractivity contribution < 1.29 is 45.6 Å². The Bertz CT molecular complexity index is 797. The number of hydrogen-bond donors (Lipinski definition) is 0. The van der Waals surface area contributed by atoms with E-state index in [9.17, 15) is 0 Å². The van der Waals surface area contributed by atoms with Crippen LogP contribution in [0.4, 0.5) is 0 Å². The quantitative estimate of drug-likeness (QED) is 0.341. The minimum atomic E-state index is -3.54. The zero-order valence-corrected chi connectivity index (χ0v) is 35.2. The van der Waals surface area contributed by atoms with Crippen LogP contribution in [0.1, 0.15) is 0 Å². The SMILES string of the molecule is C[Si]1CO[Si](C)(O[Si](C)(C)C)O[Si]2(C)O[Si](C)(O1)O[Si](C)(O[Si]O[Si](C)(C)C)O[Si](C)(O[Si](C)(C)C)O2. The van der Waals surface area contributed by atoms with Gasteiger partial charge in [0.05, 0.1) is 6.23 Å². The maximum Gasteiger partial charge on any atom is 0.479 e. The molecule has 0 N–H and O–H groups in total. The van der Waals surface area contributed by atoms with Crippen molar-refractivity contribution in [3.05, 3.63) is 0 Å². The lowest BCUT2D eigenvalue weighted by Gasteiger charge is -2.49. The summed E-state index contributed by atoms with van der Waals surface area (Å²) in [7, 11) is -24.7. The van der Waals surface area contributed by atoms with Crippen LogP contribution in [0.3, 0.4) is 0 Å². The van der Waals surface area contributed by atoms with Crippen LogP contribution in [-0.4, -0.2) is 94.3 Å². The average Bonchev–Trinajstić information content (AvgIpc) is 2.54. The molecule has 0 amide bonds. The Hall–Kier alpha value is 1.73. The van der Waals surface area contributed by atoms with Crippen molar-refractivity contribution in [2.24, 2.45) is 0 Å². The Balaban J connectivity index is 2.55. The number of fused-ring (bicyclic) bond motifs is 2. The summed E-state index contributed by atoms with van der Waals surface area (Å²) in [6.45, 7) is 30.2. The number of hydrogen-bond acceptors (Lipinski definition) is 11. The molecule has 0 saturated carbocycles. The smallest absolute Gasteiger partial charge is 0.435 e. The molecule has 5 unspecified atom stereocenters. The molecule has 0 spiro atoms. The molecule has 21 heteroatoms. The number of rotatable bonds is 8. The molecule has 0 aromatic heterocycles. The van der Waals surface area contributed by atoms with Gasteiger partial charge in [0.25, 0.3) is 0 Å². The van der Waals surface area contributed by atoms with Gasteiger partial charge in [-0.2, -0.15) is 0 Å². The summed E-state index contributed by atoms with van der Waals surface area (Å²) in [5.74, 6) is 0. The largest absolute Gasteiger partial charge is 0.479 e. The monoisotopic (exact) mass is 695 g/mol. The van der Waals surface area contributed by atoms with Crippen LogP contribution in [0.15, 0.2) is 0 Å². The molecule has 2 saturated heterocycles. The molecular formula is C16H47O11Si10. The van der Waals surface area contributed by atoms with Gasteiger partial charge in [-0.25, -0.2) is 0 Å². The van der Waals surface area contributed by atoms with Crippen LogP contribution in [0.2, 0.25) is 98.2 Å². The minimum Gasteiger partial charge on any atom is -0.435 e. The van der Waals surface area contributed by atoms with Gasteiger partial charge in [-0.1, -0.05) is 0 Å². The lowest BCUT2D eigenvalue weighted by atomic mass is 11.7. The summed E-state index contributed by atoms with van der Waals surface area (Å²) in [5.41, 5.74) is 0. The van der Waals surface area contributed by atoms with Gasteiger partial charge >= 0.3 is 54.0 Å². The first-order chi connectivity index (χ1) is 16.3. The standard InChI is InChI=1S/C16H47O11Si10/c1-29-16-17-33(11,21-31(5,6)7)23-37(15)26-35(13,20-29)24-34(12,19-28-18-30(2,3)4)25-36(14,27-37)22-32(8,9)10/h16H2,1-15H3. The van der Waals surface area contributed by atoms with Gasteiger partial charge in [0.1, 0.15) is 0 Å². The maximum atomic E-state index is 6.78. The molecule has 3 radical (unpaired) electrons. The highest BCUT2D eigenvalue weighted by atomic mass is 28.6. The molecule has 0 aromatic rings. The third-order valence-corrected chi connectivity index (χ3v) is 36.0. The van der Waals surface area contributed by atoms with Crippen LogP contribution in [-0.2, 0) is 45.6 Å². The van der Waals surface area contributed by atoms with Gasteiger partial charge in [0.15, 0.2) is 25.0 Å². The lowest BCUT2D eigenvalue weighted by molar-refractivity contribution is 0.0807. The Morgan fingerprint density at radius 2 is 1.11 bits per heavy atom. The van der Waals surface area contributed by atoms with E-state index in [1.54, 1.807) is 0 Å². The fraction of sp³-hybridized carbons (Fsp3) is 1.00. The molecule has 2 aliphatic heterocycles. The Labute approximate surface area is 237 Å². The highest BCUT2D eigenvalue weighted by Gasteiger charge is 2.66. The second-order valence-corrected chi connectivity index (χ2v) is 44.4. The second kappa shape index (κ2) is 11.8. The van der Waals surface area contributed by atoms with Crippen molar-refractivity contribution in [2.45, 2.75) is 98.2 Å². The molecule has 2 bridgehead atoms. The van der Waals surface area contributed by atoms with E-state index in [1.807, 2.05) is 39.3 Å². The molecule has 2 fully saturated rings. The van der Waals surface area contributed by atoms with Gasteiger partial charge in [0.2, 0.25) is 9.04 Å². The molecule has 217 valence electrons. The summed E-state index contributed by atoms with van der Waals surface area (Å²) in [6.07, 6.45) is 0.373. The molecule has 11 nitrogen and oxygen atoms in total. The van der Waals surface area contributed by atoms with Crippen molar-refractivity contribution in [3.63, 3.8) is 0 Å². The predicted octanol–water partition coefficient (Wildman–Crippen LogP) is 4.24. The summed E-state index contributed by atoms with van der Waals surface area (Å²) < 4.78 is 71.9. The van der Waals surface area contributed by atoms with Crippen LogP contribution >= 0.6 is 0 Å². The Morgan fingerprint density at radius 1 is 0.622 bits per heavy atom. The Kier molecular flexibility index (Phi) is 11.1. The average molecular weight is 696 g/mol. The minimum absolute atomic E-state index is 0.238. The van der Waals surface area contributed by atoms with E-state index in [0.29, 0.717) is 6.23 Å². The van der Waals surface area contributed by atoms with Crippen molar-refractivity contribution in [1.82, 2.24) is 0 Å². The fourth-order valence-corrected chi connectivity index (χ4v) is 40.6. The van der Waals surface area contributed by atoms with E-state index in [1.165, 1.54) is 0 Å². The molecule has 5 atom stereocenters. The highest BCUT2D eigenvalue weighted by Crippen LogP contribution is 2.37. The first-order valence-electron chi connectivity index (χ1n) is 12.4. The van der Waals surface area contributed by atoms with Crippen LogP contribution in [0, 0.1) is 0 Å². The molecule has 2 rings (SSSR count). The van der Waals surface area contributed by atoms with Crippen molar-refractivity contribution >= 4 is 88.0 Å². The molecule has 37 heavy (non-hydrogen) atoms. The summed E-state index contributed by atoms with van der Waals surface area (Å²) in [4.78, 5) is 0. The van der Waals surface area contributed by atoms with E-state index in [0.717, 1.165) is 0 Å². The molecule has 0 aliphatic carbocycles. The Morgan fingerprint density at radius 3 is 1.62 bits per heavy atom. The third kappa shape index (κ3) is 12.2. The van der Waals surface area contributed by atoms with Gasteiger partial charge in [-0.15, -0.1) is 0 Å². The van der Waals surface area contributed by atoms with E-state index in [2.05, 4.69) is 58.9 Å². The molecule has 2 heterocycles. The fourth-order valence-electron chi connectivity index (χ4n) is 3.93. The topological polar surface area (TPSA) is 102 Å². The van der Waals surface area contributed by atoms with Crippen LogP contribution < -0.4 is 0 Å². The summed E-state index contributed by atoms with van der Waals surface area (Å²) >= 11 is 0.